The van der Waals surface area contributed by atoms with Gasteiger partial charge in [-0.25, -0.2) is 4.98 Å². The second-order valence-corrected chi connectivity index (χ2v) is 26.7. The quantitative estimate of drug-likeness (QED) is 0.0367. The van der Waals surface area contributed by atoms with Crippen molar-refractivity contribution in [2.24, 2.45) is 45.9 Å². The van der Waals surface area contributed by atoms with Crippen LogP contribution in [0.4, 0.5) is 0 Å². The molecule has 1 aromatic carbocycles. The third-order valence-corrected chi connectivity index (χ3v) is 18.3. The minimum absolute atomic E-state index is 0.00235. The molecule has 34 heteroatoms. The topological polar surface area (TPSA) is 531 Å². The number of rotatable bonds is 31. The van der Waals surface area contributed by atoms with Crippen LogP contribution in [0.1, 0.15) is 137 Å². The Bertz CT molecular complexity index is 3190. The number of aliphatic imine (C=N–C) groups is 1. The van der Waals surface area contributed by atoms with Crippen LogP contribution >= 0.6 is 11.8 Å². The van der Waals surface area contributed by atoms with Gasteiger partial charge in [-0.15, -0.1) is 18.3 Å². The molecule has 33 nitrogen and oxygen atoms in total. The van der Waals surface area contributed by atoms with E-state index in [0.29, 0.717) is 16.3 Å². The molecule has 0 unspecified atom stereocenters. The highest BCUT2D eigenvalue weighted by Gasteiger charge is 2.40. The van der Waals surface area contributed by atoms with Crippen molar-refractivity contribution in [3.63, 3.8) is 0 Å². The molecule has 20 N–H and O–H groups in total. The Morgan fingerprint density at radius 2 is 1.32 bits per heavy atom. The highest BCUT2D eigenvalue weighted by molar-refractivity contribution is 8.14. The Morgan fingerprint density at radius 1 is 0.710 bits per heavy atom. The zero-order valence-electron chi connectivity index (χ0n) is 57.7. The lowest BCUT2D eigenvalue weighted by molar-refractivity contribution is -0.142. The van der Waals surface area contributed by atoms with Crippen LogP contribution in [0.3, 0.4) is 0 Å². The molecule has 15 atom stereocenters. The summed E-state index contributed by atoms with van der Waals surface area (Å²) in [4.78, 5) is 207. The molecule has 3 heterocycles. The number of imidazole rings is 1. The molecule has 1 fully saturated rings. The van der Waals surface area contributed by atoms with Gasteiger partial charge in [-0.1, -0.05) is 97.7 Å². The average Bonchev–Trinajstić information content (AvgIpc) is 1.37. The monoisotopic (exact) mass is 1420 g/mol. The maximum Gasteiger partial charge on any atom is 0.305 e. The highest BCUT2D eigenvalue weighted by atomic mass is 32.2. The number of nitrogens with one attached hydrogen (secondary N) is 12. The smallest absolute Gasteiger partial charge is 0.305 e. The molecule has 100 heavy (non-hydrogen) atoms. The minimum atomic E-state index is -1.94. The van der Waals surface area contributed by atoms with E-state index in [0.717, 1.165) is 0 Å². The lowest BCUT2D eigenvalue weighted by Gasteiger charge is -2.30. The van der Waals surface area contributed by atoms with Crippen molar-refractivity contribution in [2.45, 2.75) is 211 Å². The summed E-state index contributed by atoms with van der Waals surface area (Å²) in [6.45, 7) is 15.7. The van der Waals surface area contributed by atoms with E-state index in [4.69, 9.17) is 17.2 Å². The summed E-state index contributed by atoms with van der Waals surface area (Å²) < 4.78 is 0. The molecule has 2 aliphatic heterocycles. The zero-order valence-corrected chi connectivity index (χ0v) is 58.5. The van der Waals surface area contributed by atoms with Crippen LogP contribution < -0.4 is 75.7 Å². The molecule has 12 amide bonds. The van der Waals surface area contributed by atoms with E-state index in [-0.39, 0.29) is 94.9 Å². The van der Waals surface area contributed by atoms with E-state index < -0.39 is 193 Å². The molecular formula is C66H101N17O16S. The predicted octanol–water partition coefficient (Wildman–Crippen LogP) is -1.90. The van der Waals surface area contributed by atoms with Gasteiger partial charge >= 0.3 is 11.9 Å². The van der Waals surface area contributed by atoms with Crippen LogP contribution in [-0.4, -0.2) is 199 Å². The van der Waals surface area contributed by atoms with Gasteiger partial charge in [0.1, 0.15) is 66.5 Å². The molecule has 2 aromatic rings. The van der Waals surface area contributed by atoms with E-state index in [9.17, 15) is 77.3 Å². The number of carboxylic acids is 2. The number of nitrogens with two attached hydrogens (primary N) is 3. The fourth-order valence-electron chi connectivity index (χ4n) is 10.7. The number of nitrogens with zero attached hydrogens (tertiary/aromatic N) is 2. The van der Waals surface area contributed by atoms with Gasteiger partial charge in [0.25, 0.3) is 0 Å². The SMILES string of the molecule is C=C[C@H](C)[C@H](N)C1=N[C@H](C(=O)N[C@@H](CC(C)C)C(=O)N[C@H](CCC(=O)O)C(=O)N[C@H](C(=O)N[C@H]2CCCCNC(=O)[C@H](CC(N)=O)NC(=O)[C@@H](CC(=O)O)NC(=O)[C@H](Cc3cnc[nH]3)NC(=O)[C@@H](Cc3ccccc3)NC(=O)[C@H]([C@@H](C)CC)NC(=O)[C@@H](CCCN)NC2=O)[C@@H](C)CC)CS1. The summed E-state index contributed by atoms with van der Waals surface area (Å²) in [5.74, 6) is -15.8. The molecule has 0 bridgehead atoms. The van der Waals surface area contributed by atoms with Crippen LogP contribution in [-0.2, 0) is 80.0 Å². The van der Waals surface area contributed by atoms with Gasteiger partial charge < -0.3 is 90.9 Å². The van der Waals surface area contributed by atoms with E-state index >= 15 is 0 Å². The third-order valence-electron chi connectivity index (χ3n) is 17.2. The van der Waals surface area contributed by atoms with Gasteiger partial charge in [0, 0.05) is 43.5 Å². The maximum atomic E-state index is 14.9. The summed E-state index contributed by atoms with van der Waals surface area (Å²) in [6, 6.07) is -8.55. The highest BCUT2D eigenvalue weighted by Crippen LogP contribution is 2.24. The lowest BCUT2D eigenvalue weighted by atomic mass is 9.96. The lowest BCUT2D eigenvalue weighted by Crippen LogP contribution is -2.62. The molecule has 0 saturated carbocycles. The van der Waals surface area contributed by atoms with Crippen molar-refractivity contribution in [3.05, 3.63) is 66.8 Å². The Balaban J connectivity index is 1.77. The molecule has 0 aliphatic carbocycles. The van der Waals surface area contributed by atoms with Crippen LogP contribution in [0.5, 0.6) is 0 Å². The molecule has 2 aliphatic rings. The van der Waals surface area contributed by atoms with Crippen molar-refractivity contribution in [1.82, 2.24) is 68.5 Å². The van der Waals surface area contributed by atoms with Gasteiger partial charge in [-0.05, 0) is 80.7 Å². The largest absolute Gasteiger partial charge is 0.481 e. The first-order chi connectivity index (χ1) is 47.4. The molecule has 0 spiro atoms. The number of hydrogen-bond acceptors (Lipinski definition) is 19. The number of carboxylic acid groups (broad SMARTS) is 2. The number of benzene rings is 1. The second-order valence-electron chi connectivity index (χ2n) is 25.7. The van der Waals surface area contributed by atoms with Crippen molar-refractivity contribution in [2.75, 3.05) is 18.8 Å². The number of primary amides is 1. The Morgan fingerprint density at radius 3 is 1.91 bits per heavy atom. The summed E-state index contributed by atoms with van der Waals surface area (Å²) in [5.41, 5.74) is 18.6. The van der Waals surface area contributed by atoms with Crippen LogP contribution in [0.2, 0.25) is 0 Å². The van der Waals surface area contributed by atoms with Crippen LogP contribution in [0.15, 0.2) is 60.5 Å². The van der Waals surface area contributed by atoms with Crippen LogP contribution in [0, 0.1) is 23.7 Å². The number of hydrogen-bond donors (Lipinski definition) is 17. The molecule has 0 radical (unpaired) electrons. The molecule has 4 rings (SSSR count). The number of thioether (sulfide) groups is 1. The number of amides is 12. The first-order valence-electron chi connectivity index (χ1n) is 33.7. The summed E-state index contributed by atoms with van der Waals surface area (Å²) >= 11 is 1.30. The number of H-pyrrole nitrogens is 1. The number of aromatic amines is 1. The number of aromatic nitrogens is 2. The number of aliphatic carboxylic acids is 2. The molecule has 1 saturated heterocycles. The van der Waals surface area contributed by atoms with Gasteiger partial charge in [-0.3, -0.25) is 72.1 Å². The molecule has 552 valence electrons. The minimum Gasteiger partial charge on any atom is -0.481 e. The van der Waals surface area contributed by atoms with Gasteiger partial charge in [0.05, 0.1) is 30.3 Å². The Labute approximate surface area is 585 Å². The van der Waals surface area contributed by atoms with Crippen molar-refractivity contribution < 1.29 is 77.3 Å². The first kappa shape index (κ1) is 83.1. The van der Waals surface area contributed by atoms with Gasteiger partial charge in [-0.2, -0.15) is 0 Å². The van der Waals surface area contributed by atoms with Gasteiger partial charge in [0.2, 0.25) is 70.9 Å². The molecular weight excluding hydrogens is 1320 g/mol. The van der Waals surface area contributed by atoms with Crippen LogP contribution in [0.25, 0.3) is 0 Å². The Hall–Kier alpha value is -9.31. The van der Waals surface area contributed by atoms with E-state index in [1.54, 1.807) is 78.0 Å². The zero-order chi connectivity index (χ0) is 74.3. The van der Waals surface area contributed by atoms with Crippen molar-refractivity contribution in [1.29, 1.82) is 0 Å². The average molecular weight is 1420 g/mol. The predicted molar refractivity (Wildman–Crippen MR) is 369 cm³/mol. The third kappa shape index (κ3) is 27.4. The standard InChI is InChI=1S/C66H101N17O16S/c1-9-35(6)52(69)66-81-48(32-100-66)63(97)76-43(26-34(4)5)59(93)74-42(22-23-50(85)86)58(92)83-53(36(7)10-2)64(98)75-40-20-15-16-25-71-55(89)46(29-49(68)84)78-62(96)47(30-51(87)88)79-61(95)45(28-39-31-70-33-72-39)77-60(94)44(27-38-18-13-12-14-19-38)80-65(99)54(37(8)11-3)82-57(91)41(21-17-24-67)73-56(40)90/h9,12-14,18-19,31,33-37,40-48,52-54H,1,10-11,15-17,20-30,32,67,69H2,2-8H3,(H2,68,84)(H,70,72)(H,71,89)(H,73,90)(H,74,93)(H,75,98)(H,76,97)(H,77,94)(H,78,96)(H,79,95)(H,80,99)(H,82,91)(H,83,92)(H,85,86)(H,87,88)/t35-,36-,37-,40-,41+,42+,43-,44+,45-,46-,47+,48-,52-,53-,54-/m0/s1. The number of carbonyl (C=O) groups is 14. The fourth-order valence-corrected chi connectivity index (χ4v) is 11.9. The van der Waals surface area contributed by atoms with Crippen molar-refractivity contribution in [3.8, 4) is 0 Å². The fraction of sp³-hybridized carbons (Fsp3) is 0.606. The second kappa shape index (κ2) is 41.9. The van der Waals surface area contributed by atoms with E-state index in [1.165, 1.54) is 24.3 Å². The van der Waals surface area contributed by atoms with E-state index in [1.807, 2.05) is 6.92 Å². The van der Waals surface area contributed by atoms with Crippen molar-refractivity contribution >= 4 is 99.6 Å². The number of carbonyl (C=O) groups excluding carboxylic acids is 12. The summed E-state index contributed by atoms with van der Waals surface area (Å²) in [6.07, 6.45) is 1.19. The summed E-state index contributed by atoms with van der Waals surface area (Å²) in [7, 11) is 0. The summed E-state index contributed by atoms with van der Waals surface area (Å²) in [5, 5.41) is 48.9. The Kier molecular flexibility index (Phi) is 34.9. The maximum absolute atomic E-state index is 14.9. The normalized spacial score (nSPS) is 23.1. The first-order valence-corrected chi connectivity index (χ1v) is 34.7. The molecule has 1 aromatic heterocycles. The van der Waals surface area contributed by atoms with Gasteiger partial charge in [0.15, 0.2) is 0 Å². The van der Waals surface area contributed by atoms with E-state index in [2.05, 4.69) is 80.0 Å².